The Balaban J connectivity index is 2.19. The van der Waals surface area contributed by atoms with E-state index in [1.807, 2.05) is 0 Å². The number of nitrogens with zero attached hydrogens (tertiary/aromatic N) is 1. The first-order valence-corrected chi connectivity index (χ1v) is 6.15. The summed E-state index contributed by atoms with van der Waals surface area (Å²) in [5, 5.41) is 5.53. The number of piperazine rings is 1. The van der Waals surface area contributed by atoms with Gasteiger partial charge in [0.2, 0.25) is 5.91 Å². The Bertz CT molecular complexity index is 499. The average Bonchev–Trinajstić information content (AvgIpc) is 2.41. The normalized spacial score (nSPS) is 15.2. The standard InChI is InChI=1S/C13H16FN3O2/c1-9(18)16-12-8-10(2-3-11(12)14)13(19)17-6-4-15-5-7-17/h2-3,8,15H,4-7H2,1H3,(H,16,18). The molecule has 1 aliphatic heterocycles. The summed E-state index contributed by atoms with van der Waals surface area (Å²) in [5.41, 5.74) is 0.417. The third kappa shape index (κ3) is 3.29. The Morgan fingerprint density at radius 1 is 1.32 bits per heavy atom. The molecule has 0 atom stereocenters. The van der Waals surface area contributed by atoms with Gasteiger partial charge in [0, 0.05) is 38.7 Å². The summed E-state index contributed by atoms with van der Waals surface area (Å²) in [6.45, 7) is 4.07. The van der Waals surface area contributed by atoms with Crippen molar-refractivity contribution in [3.63, 3.8) is 0 Å². The zero-order valence-corrected chi connectivity index (χ0v) is 10.7. The molecule has 2 amide bonds. The lowest BCUT2D eigenvalue weighted by molar-refractivity contribution is -0.114. The molecule has 1 aromatic rings. The molecule has 0 aliphatic carbocycles. The van der Waals surface area contributed by atoms with Gasteiger partial charge in [-0.05, 0) is 18.2 Å². The SMILES string of the molecule is CC(=O)Nc1cc(C(=O)N2CCNCC2)ccc1F. The number of anilines is 1. The number of benzene rings is 1. The zero-order valence-electron chi connectivity index (χ0n) is 10.7. The number of amides is 2. The minimum absolute atomic E-state index is 0.0356. The Morgan fingerprint density at radius 2 is 2.00 bits per heavy atom. The molecule has 2 rings (SSSR count). The van der Waals surface area contributed by atoms with Gasteiger partial charge in [0.05, 0.1) is 5.69 Å². The highest BCUT2D eigenvalue weighted by molar-refractivity contribution is 5.97. The van der Waals surface area contributed by atoms with E-state index < -0.39 is 5.82 Å². The van der Waals surface area contributed by atoms with E-state index >= 15 is 0 Å². The number of carbonyl (C=O) groups excluding carboxylic acids is 2. The fourth-order valence-corrected chi connectivity index (χ4v) is 1.99. The van der Waals surface area contributed by atoms with Gasteiger partial charge < -0.3 is 15.5 Å². The van der Waals surface area contributed by atoms with Crippen LogP contribution in [-0.2, 0) is 4.79 Å². The molecule has 2 N–H and O–H groups in total. The minimum atomic E-state index is -0.549. The van der Waals surface area contributed by atoms with Crippen LogP contribution in [0.4, 0.5) is 10.1 Å². The van der Waals surface area contributed by atoms with Crippen LogP contribution < -0.4 is 10.6 Å². The first-order chi connectivity index (χ1) is 9.08. The molecule has 102 valence electrons. The number of hydrogen-bond donors (Lipinski definition) is 2. The monoisotopic (exact) mass is 265 g/mol. The van der Waals surface area contributed by atoms with Crippen LogP contribution in [0.2, 0.25) is 0 Å². The molecular weight excluding hydrogens is 249 g/mol. The first kappa shape index (κ1) is 13.5. The fraction of sp³-hybridized carbons (Fsp3) is 0.385. The van der Waals surface area contributed by atoms with Gasteiger partial charge in [0.25, 0.3) is 5.91 Å². The lowest BCUT2D eigenvalue weighted by Gasteiger charge is -2.27. The maximum absolute atomic E-state index is 13.5. The van der Waals surface area contributed by atoms with Crippen molar-refractivity contribution in [3.8, 4) is 0 Å². The first-order valence-electron chi connectivity index (χ1n) is 6.15. The van der Waals surface area contributed by atoms with Crippen LogP contribution in [0.25, 0.3) is 0 Å². The molecule has 1 aromatic carbocycles. The van der Waals surface area contributed by atoms with Gasteiger partial charge in [-0.3, -0.25) is 9.59 Å². The van der Waals surface area contributed by atoms with Crippen molar-refractivity contribution in [2.75, 3.05) is 31.5 Å². The largest absolute Gasteiger partial charge is 0.336 e. The molecule has 0 bridgehead atoms. The Morgan fingerprint density at radius 3 is 2.63 bits per heavy atom. The van der Waals surface area contributed by atoms with Gasteiger partial charge in [0.15, 0.2) is 0 Å². The van der Waals surface area contributed by atoms with Gasteiger partial charge in [-0.1, -0.05) is 0 Å². The molecule has 0 radical (unpaired) electrons. The number of halogens is 1. The van der Waals surface area contributed by atoms with E-state index in [2.05, 4.69) is 10.6 Å². The molecule has 1 saturated heterocycles. The predicted octanol–water partition coefficient (Wildman–Crippen LogP) is 0.829. The second-order valence-electron chi connectivity index (χ2n) is 4.42. The van der Waals surface area contributed by atoms with Crippen LogP contribution in [-0.4, -0.2) is 42.9 Å². The summed E-state index contributed by atoms with van der Waals surface area (Å²) in [6, 6.07) is 4.01. The molecule has 1 aliphatic rings. The van der Waals surface area contributed by atoms with Crippen LogP contribution in [0, 0.1) is 5.82 Å². The smallest absolute Gasteiger partial charge is 0.254 e. The third-order valence-electron chi connectivity index (χ3n) is 2.93. The Kier molecular flexibility index (Phi) is 4.11. The van der Waals surface area contributed by atoms with E-state index in [1.54, 1.807) is 4.90 Å². The van der Waals surface area contributed by atoms with E-state index in [0.29, 0.717) is 18.7 Å². The highest BCUT2D eigenvalue weighted by atomic mass is 19.1. The molecule has 19 heavy (non-hydrogen) atoms. The second kappa shape index (κ2) is 5.79. The maximum Gasteiger partial charge on any atom is 0.254 e. The van der Waals surface area contributed by atoms with Gasteiger partial charge in [-0.15, -0.1) is 0 Å². The summed E-state index contributed by atoms with van der Waals surface area (Å²) >= 11 is 0. The van der Waals surface area contributed by atoms with E-state index in [4.69, 9.17) is 0 Å². The van der Waals surface area contributed by atoms with Crippen LogP contribution in [0.3, 0.4) is 0 Å². The summed E-state index contributed by atoms with van der Waals surface area (Å²) in [7, 11) is 0. The average molecular weight is 265 g/mol. The molecular formula is C13H16FN3O2. The van der Waals surface area contributed by atoms with Crippen LogP contribution in [0.5, 0.6) is 0 Å². The molecule has 0 aromatic heterocycles. The zero-order chi connectivity index (χ0) is 13.8. The van der Waals surface area contributed by atoms with E-state index in [9.17, 15) is 14.0 Å². The molecule has 5 nitrogen and oxygen atoms in total. The van der Waals surface area contributed by atoms with Gasteiger partial charge in [-0.25, -0.2) is 4.39 Å². The Labute approximate surface area is 110 Å². The van der Waals surface area contributed by atoms with Crippen molar-refractivity contribution >= 4 is 17.5 Å². The molecule has 1 heterocycles. The van der Waals surface area contributed by atoms with Gasteiger partial charge in [-0.2, -0.15) is 0 Å². The number of nitrogens with one attached hydrogen (secondary N) is 2. The molecule has 0 spiro atoms. The van der Waals surface area contributed by atoms with Crippen molar-refractivity contribution in [2.45, 2.75) is 6.92 Å². The highest BCUT2D eigenvalue weighted by Gasteiger charge is 2.19. The number of hydrogen-bond acceptors (Lipinski definition) is 3. The highest BCUT2D eigenvalue weighted by Crippen LogP contribution is 2.17. The molecule has 0 unspecified atom stereocenters. The van der Waals surface area contributed by atoms with Crippen molar-refractivity contribution in [2.24, 2.45) is 0 Å². The summed E-state index contributed by atoms with van der Waals surface area (Å²) < 4.78 is 13.5. The fourth-order valence-electron chi connectivity index (χ4n) is 1.99. The Hall–Kier alpha value is -1.95. The van der Waals surface area contributed by atoms with Crippen molar-refractivity contribution in [1.29, 1.82) is 0 Å². The van der Waals surface area contributed by atoms with Crippen molar-refractivity contribution in [3.05, 3.63) is 29.6 Å². The lowest BCUT2D eigenvalue weighted by atomic mass is 10.1. The quantitative estimate of drug-likeness (QED) is 0.832. The summed E-state index contributed by atoms with van der Waals surface area (Å²) in [4.78, 5) is 24.9. The summed E-state index contributed by atoms with van der Waals surface area (Å²) in [5.74, 6) is -1.06. The molecule has 1 fully saturated rings. The third-order valence-corrected chi connectivity index (χ3v) is 2.93. The lowest BCUT2D eigenvalue weighted by Crippen LogP contribution is -2.46. The molecule has 0 saturated carbocycles. The van der Waals surface area contributed by atoms with Crippen LogP contribution in [0.15, 0.2) is 18.2 Å². The van der Waals surface area contributed by atoms with E-state index in [-0.39, 0.29) is 17.5 Å². The number of rotatable bonds is 2. The van der Waals surface area contributed by atoms with E-state index in [1.165, 1.54) is 25.1 Å². The topological polar surface area (TPSA) is 61.4 Å². The van der Waals surface area contributed by atoms with Gasteiger partial charge in [0.1, 0.15) is 5.82 Å². The molecule has 6 heteroatoms. The second-order valence-corrected chi connectivity index (χ2v) is 4.42. The van der Waals surface area contributed by atoms with Crippen LogP contribution >= 0.6 is 0 Å². The van der Waals surface area contributed by atoms with E-state index in [0.717, 1.165) is 13.1 Å². The summed E-state index contributed by atoms with van der Waals surface area (Å²) in [6.07, 6.45) is 0. The van der Waals surface area contributed by atoms with Gasteiger partial charge >= 0.3 is 0 Å². The maximum atomic E-state index is 13.5. The van der Waals surface area contributed by atoms with Crippen molar-refractivity contribution in [1.82, 2.24) is 10.2 Å². The van der Waals surface area contributed by atoms with Crippen LogP contribution in [0.1, 0.15) is 17.3 Å². The minimum Gasteiger partial charge on any atom is -0.336 e. The predicted molar refractivity (Wildman–Crippen MR) is 69.5 cm³/mol. The number of carbonyl (C=O) groups is 2. The van der Waals surface area contributed by atoms with Crippen molar-refractivity contribution < 1.29 is 14.0 Å².